The zero-order valence-electron chi connectivity index (χ0n) is 34.6. The van der Waals surface area contributed by atoms with Crippen LogP contribution in [0.25, 0.3) is 11.0 Å². The lowest BCUT2D eigenvalue weighted by Crippen LogP contribution is -2.30. The average Bonchev–Trinajstić information content (AvgIpc) is 3.17. The maximum absolute atomic E-state index is 12.9. The van der Waals surface area contributed by atoms with E-state index in [0.717, 1.165) is 84.0 Å². The van der Waals surface area contributed by atoms with Crippen molar-refractivity contribution in [1.82, 2.24) is 15.0 Å². The Morgan fingerprint density at radius 1 is 0.630 bits per heavy atom. The maximum atomic E-state index is 12.9. The van der Waals surface area contributed by atoms with Gasteiger partial charge in [0.25, 0.3) is 0 Å². The third kappa shape index (κ3) is 16.4. The Bertz CT molecular complexity index is 1510. The van der Waals surface area contributed by atoms with Gasteiger partial charge in [-0.2, -0.15) is 15.0 Å². The van der Waals surface area contributed by atoms with Gasteiger partial charge in [0, 0.05) is 43.3 Å². The molecule has 0 aliphatic heterocycles. The van der Waals surface area contributed by atoms with E-state index in [1.807, 2.05) is 12.1 Å². The van der Waals surface area contributed by atoms with E-state index in [1.54, 1.807) is 12.1 Å². The van der Waals surface area contributed by atoms with E-state index in [0.29, 0.717) is 41.1 Å². The van der Waals surface area contributed by atoms with Crippen LogP contribution in [0.15, 0.2) is 33.5 Å². The van der Waals surface area contributed by atoms with Gasteiger partial charge in [0.15, 0.2) is 0 Å². The molecule has 1 N–H and O–H groups in total. The van der Waals surface area contributed by atoms with E-state index in [4.69, 9.17) is 24.1 Å². The monoisotopic (exact) mass is 749 g/mol. The summed E-state index contributed by atoms with van der Waals surface area (Å²) in [6, 6.07) is 6.99. The van der Waals surface area contributed by atoms with Crippen LogP contribution in [0.2, 0.25) is 0 Å². The minimum Gasteiger partial charge on any atom is -0.462 e. The minimum atomic E-state index is -0.706. The SMILES string of the molecule is CCCCCCCCCCCCCCCCCOC(=O)c1cc2ccc(Nc3nc(N(CC)CC)nc(N(CCCCC)CCCCC)n3)cc2oc1=O. The third-order valence-corrected chi connectivity index (χ3v) is 10.2. The molecule has 0 fully saturated rings. The number of esters is 1. The second-order valence-corrected chi connectivity index (χ2v) is 14.7. The molecule has 10 nitrogen and oxygen atoms in total. The smallest absolute Gasteiger partial charge is 0.351 e. The quantitative estimate of drug-likeness (QED) is 0.0387. The number of anilines is 4. The van der Waals surface area contributed by atoms with Crippen LogP contribution >= 0.6 is 0 Å². The molecule has 302 valence electrons. The van der Waals surface area contributed by atoms with Gasteiger partial charge in [0.1, 0.15) is 11.1 Å². The molecule has 2 aromatic heterocycles. The van der Waals surface area contributed by atoms with Gasteiger partial charge in [-0.1, -0.05) is 136 Å². The Morgan fingerprint density at radius 3 is 1.67 bits per heavy atom. The van der Waals surface area contributed by atoms with Gasteiger partial charge < -0.3 is 24.3 Å². The van der Waals surface area contributed by atoms with Crippen LogP contribution < -0.4 is 20.7 Å². The summed E-state index contributed by atoms with van der Waals surface area (Å²) in [6.07, 6.45) is 25.9. The first kappa shape index (κ1) is 44.7. The average molecular weight is 749 g/mol. The second kappa shape index (κ2) is 27.0. The van der Waals surface area contributed by atoms with Gasteiger partial charge in [0.05, 0.1) is 6.61 Å². The van der Waals surface area contributed by atoms with Gasteiger partial charge in [-0.15, -0.1) is 0 Å². The molecule has 0 saturated heterocycles. The Morgan fingerprint density at radius 2 is 1.13 bits per heavy atom. The molecule has 0 atom stereocenters. The van der Waals surface area contributed by atoms with E-state index < -0.39 is 11.6 Å². The summed E-state index contributed by atoms with van der Waals surface area (Å²) in [5.74, 6) is 1.09. The van der Waals surface area contributed by atoms with E-state index in [1.165, 1.54) is 77.0 Å². The van der Waals surface area contributed by atoms with E-state index >= 15 is 0 Å². The van der Waals surface area contributed by atoms with Crippen LogP contribution in [0.5, 0.6) is 0 Å². The van der Waals surface area contributed by atoms with Crippen molar-refractivity contribution < 1.29 is 13.9 Å². The van der Waals surface area contributed by atoms with E-state index in [9.17, 15) is 9.59 Å². The highest BCUT2D eigenvalue weighted by atomic mass is 16.5. The number of nitrogens with zero attached hydrogens (tertiary/aromatic N) is 5. The van der Waals surface area contributed by atoms with Crippen LogP contribution in [-0.2, 0) is 4.74 Å². The fourth-order valence-corrected chi connectivity index (χ4v) is 6.79. The molecule has 0 amide bonds. The number of unbranched alkanes of at least 4 members (excludes halogenated alkanes) is 18. The number of nitrogens with one attached hydrogen (secondary N) is 1. The predicted molar refractivity (Wildman–Crippen MR) is 226 cm³/mol. The maximum Gasteiger partial charge on any atom is 0.351 e. The molecule has 10 heteroatoms. The molecule has 0 radical (unpaired) electrons. The second-order valence-electron chi connectivity index (χ2n) is 14.7. The van der Waals surface area contributed by atoms with Crippen molar-refractivity contribution in [3.63, 3.8) is 0 Å². The lowest BCUT2D eigenvalue weighted by Gasteiger charge is -2.25. The normalized spacial score (nSPS) is 11.3. The number of aromatic nitrogens is 3. The number of carbonyl (C=O) groups excluding carboxylic acids is 1. The fourth-order valence-electron chi connectivity index (χ4n) is 6.79. The molecule has 0 aliphatic carbocycles. The van der Waals surface area contributed by atoms with Crippen LogP contribution in [-0.4, -0.2) is 53.7 Å². The van der Waals surface area contributed by atoms with Gasteiger partial charge in [0.2, 0.25) is 17.8 Å². The number of ether oxygens (including phenoxy) is 1. The summed E-state index contributed by atoms with van der Waals surface area (Å²) >= 11 is 0. The first-order valence-electron chi connectivity index (χ1n) is 21.7. The van der Waals surface area contributed by atoms with Crippen molar-refractivity contribution in [2.24, 2.45) is 0 Å². The lowest BCUT2D eigenvalue weighted by atomic mass is 10.0. The summed E-state index contributed by atoms with van der Waals surface area (Å²) in [4.78, 5) is 44.7. The highest BCUT2D eigenvalue weighted by Gasteiger charge is 2.18. The molecule has 3 aromatic rings. The number of hydrogen-bond donors (Lipinski definition) is 1. The van der Waals surface area contributed by atoms with Crippen molar-refractivity contribution in [3.05, 3.63) is 40.2 Å². The summed E-state index contributed by atoms with van der Waals surface area (Å²) in [5, 5.41) is 3.97. The molecule has 1 aromatic carbocycles. The molecule has 3 rings (SSSR count). The molecule has 0 unspecified atom stereocenters. The third-order valence-electron chi connectivity index (χ3n) is 10.2. The zero-order chi connectivity index (χ0) is 38.8. The topological polar surface area (TPSA) is 114 Å². The first-order valence-corrected chi connectivity index (χ1v) is 21.7. The zero-order valence-corrected chi connectivity index (χ0v) is 34.6. The summed E-state index contributed by atoms with van der Waals surface area (Å²) in [7, 11) is 0. The van der Waals surface area contributed by atoms with Crippen molar-refractivity contribution in [1.29, 1.82) is 0 Å². The van der Waals surface area contributed by atoms with Gasteiger partial charge in [-0.05, 0) is 51.3 Å². The molecular formula is C44H72N6O4. The highest BCUT2D eigenvalue weighted by molar-refractivity contribution is 5.93. The van der Waals surface area contributed by atoms with Gasteiger partial charge >= 0.3 is 11.6 Å². The molecule has 0 bridgehead atoms. The molecular weight excluding hydrogens is 677 g/mol. The highest BCUT2D eigenvalue weighted by Crippen LogP contribution is 2.24. The predicted octanol–water partition coefficient (Wildman–Crippen LogP) is 11.8. The molecule has 0 saturated carbocycles. The van der Waals surface area contributed by atoms with Crippen molar-refractivity contribution in [2.75, 3.05) is 47.9 Å². The van der Waals surface area contributed by atoms with Crippen molar-refractivity contribution in [2.45, 2.75) is 169 Å². The lowest BCUT2D eigenvalue weighted by molar-refractivity contribution is 0.0493. The molecule has 2 heterocycles. The Kier molecular flexibility index (Phi) is 22.3. The molecule has 0 aliphatic rings. The standard InChI is InChI=1S/C44H72N6O4/c1-6-11-14-15-16-17-18-19-20-21-22-23-24-25-28-33-53-40(51)38-34-36-29-30-37(35-39(36)54-41(38)52)45-42-46-43(49(9-4)10-5)48-44(47-42)50(31-26-12-7-2)32-27-13-8-3/h29-30,34-35H,6-28,31-33H2,1-5H3,(H,45,46,47,48). The van der Waals surface area contributed by atoms with Crippen molar-refractivity contribution in [3.8, 4) is 0 Å². The van der Waals surface area contributed by atoms with Crippen LogP contribution in [0.4, 0.5) is 23.5 Å². The Hall–Kier alpha value is -3.69. The minimum absolute atomic E-state index is 0.0821. The number of hydrogen-bond acceptors (Lipinski definition) is 10. The van der Waals surface area contributed by atoms with Gasteiger partial charge in [-0.25, -0.2) is 9.59 Å². The number of rotatable bonds is 31. The Labute approximate surface area is 326 Å². The van der Waals surface area contributed by atoms with Crippen molar-refractivity contribution >= 4 is 40.5 Å². The summed E-state index contributed by atoms with van der Waals surface area (Å²) < 4.78 is 11.1. The molecule has 54 heavy (non-hydrogen) atoms. The van der Waals surface area contributed by atoms with E-state index in [2.05, 4.69) is 49.7 Å². The fraction of sp³-hybridized carbons (Fsp3) is 0.705. The van der Waals surface area contributed by atoms with Gasteiger partial charge in [-0.3, -0.25) is 0 Å². The van der Waals surface area contributed by atoms with Crippen LogP contribution in [0.3, 0.4) is 0 Å². The van der Waals surface area contributed by atoms with E-state index in [-0.39, 0.29) is 5.56 Å². The van der Waals surface area contributed by atoms with Crippen LogP contribution in [0, 0.1) is 0 Å². The number of benzene rings is 1. The van der Waals surface area contributed by atoms with Crippen LogP contribution in [0.1, 0.15) is 180 Å². The molecule has 0 spiro atoms. The summed E-state index contributed by atoms with van der Waals surface area (Å²) in [5.41, 5.74) is 0.242. The first-order chi connectivity index (χ1) is 26.4. The largest absolute Gasteiger partial charge is 0.462 e. The number of carbonyl (C=O) groups is 1. The summed E-state index contributed by atoms with van der Waals surface area (Å²) in [6.45, 7) is 14.5. The number of fused-ring (bicyclic) bond motifs is 1. The Balaban J connectivity index is 1.53.